The number of ether oxygens (including phenoxy) is 1. The molecule has 0 bridgehead atoms. The van der Waals surface area contributed by atoms with Crippen LogP contribution in [0.15, 0.2) is 84.6 Å². The van der Waals surface area contributed by atoms with Gasteiger partial charge in [-0.15, -0.1) is 0 Å². The molecule has 1 amide bonds. The number of fused-ring (bicyclic) bond motifs is 1. The third kappa shape index (κ3) is 3.43. The molecule has 4 aromatic rings. The van der Waals surface area contributed by atoms with Crippen LogP contribution in [0.5, 0.6) is 5.75 Å². The summed E-state index contributed by atoms with van der Waals surface area (Å²) in [5.41, 5.74) is 2.58. The van der Waals surface area contributed by atoms with Crippen LogP contribution in [0.4, 0.5) is 5.69 Å². The summed E-state index contributed by atoms with van der Waals surface area (Å²) in [7, 11) is 3.46. The number of nitrogens with zero attached hydrogens (tertiary/aromatic N) is 2. The van der Waals surface area contributed by atoms with Crippen molar-refractivity contribution < 1.29 is 19.4 Å². The molecule has 1 aliphatic rings. The highest BCUT2D eigenvalue weighted by Gasteiger charge is 2.47. The highest BCUT2D eigenvalue weighted by atomic mass is 35.5. The smallest absolute Gasteiger partial charge is 0.300 e. The number of anilines is 1. The summed E-state index contributed by atoms with van der Waals surface area (Å²) in [6.45, 7) is 0. The quantitative estimate of drug-likeness (QED) is 0.243. The second-order valence-corrected chi connectivity index (χ2v) is 8.53. The van der Waals surface area contributed by atoms with Gasteiger partial charge in [0.2, 0.25) is 0 Å². The number of halogens is 1. The third-order valence-corrected chi connectivity index (χ3v) is 6.35. The molecule has 6 nitrogen and oxygen atoms in total. The monoisotopic (exact) mass is 472 g/mol. The van der Waals surface area contributed by atoms with Gasteiger partial charge in [0.25, 0.3) is 11.7 Å². The Morgan fingerprint density at radius 1 is 1.00 bits per heavy atom. The molecule has 1 aromatic heterocycles. The molecule has 1 N–H and O–H groups in total. The summed E-state index contributed by atoms with van der Waals surface area (Å²) >= 11 is 6.14. The van der Waals surface area contributed by atoms with Crippen LogP contribution in [0.2, 0.25) is 5.02 Å². The summed E-state index contributed by atoms with van der Waals surface area (Å²) in [5.74, 6) is -1.12. The Labute approximate surface area is 201 Å². The van der Waals surface area contributed by atoms with Gasteiger partial charge in [0.1, 0.15) is 11.5 Å². The molecule has 1 unspecified atom stereocenters. The molecule has 170 valence electrons. The minimum Gasteiger partial charge on any atom is -0.507 e. The Morgan fingerprint density at radius 2 is 1.74 bits per heavy atom. The van der Waals surface area contributed by atoms with Gasteiger partial charge >= 0.3 is 0 Å². The maximum atomic E-state index is 13.4. The Morgan fingerprint density at radius 3 is 2.44 bits per heavy atom. The molecule has 0 spiro atoms. The molecule has 2 heterocycles. The summed E-state index contributed by atoms with van der Waals surface area (Å²) in [5, 5.41) is 12.6. The van der Waals surface area contributed by atoms with Crippen molar-refractivity contribution >= 4 is 45.6 Å². The zero-order valence-electron chi connectivity index (χ0n) is 18.5. The Bertz CT molecular complexity index is 1470. The van der Waals surface area contributed by atoms with Crippen LogP contribution < -0.4 is 9.64 Å². The molecular formula is C27H21ClN2O4. The number of para-hydroxylation sites is 1. The zero-order chi connectivity index (χ0) is 24.0. The predicted octanol–water partition coefficient (Wildman–Crippen LogP) is 5.47. The average molecular weight is 473 g/mol. The highest BCUT2D eigenvalue weighted by Crippen LogP contribution is 2.45. The second-order valence-electron chi connectivity index (χ2n) is 8.09. The number of hydrogen-bond donors (Lipinski definition) is 1. The lowest BCUT2D eigenvalue weighted by atomic mass is 9.94. The fourth-order valence-corrected chi connectivity index (χ4v) is 4.71. The van der Waals surface area contributed by atoms with E-state index in [9.17, 15) is 14.7 Å². The van der Waals surface area contributed by atoms with Crippen molar-refractivity contribution in [1.29, 1.82) is 0 Å². The fourth-order valence-electron chi connectivity index (χ4n) is 4.52. The van der Waals surface area contributed by atoms with E-state index in [2.05, 4.69) is 0 Å². The number of rotatable bonds is 4. The van der Waals surface area contributed by atoms with Gasteiger partial charge in [-0.1, -0.05) is 41.9 Å². The number of aromatic nitrogens is 1. The number of carbonyl (C=O) groups excluding carboxylic acids is 2. The molecule has 1 saturated heterocycles. The van der Waals surface area contributed by atoms with Crippen LogP contribution in [0.25, 0.3) is 16.7 Å². The van der Waals surface area contributed by atoms with Crippen LogP contribution >= 0.6 is 11.6 Å². The normalized spacial score (nSPS) is 17.5. The van der Waals surface area contributed by atoms with Gasteiger partial charge in [-0.3, -0.25) is 14.5 Å². The molecule has 0 aliphatic carbocycles. The SMILES string of the molecule is COc1ccc(N2C(=O)C(=O)/C(=C(/O)c3cccc(Cl)c3)C2c2cn(C)c3ccccc23)cc1. The fraction of sp³-hybridized carbons (Fsp3) is 0.111. The van der Waals surface area contributed by atoms with Crippen LogP contribution in [-0.4, -0.2) is 28.5 Å². The van der Waals surface area contributed by atoms with Gasteiger partial charge in [-0.2, -0.15) is 0 Å². The maximum absolute atomic E-state index is 13.4. The van der Waals surface area contributed by atoms with E-state index in [1.165, 1.54) is 4.90 Å². The summed E-state index contributed by atoms with van der Waals surface area (Å²) < 4.78 is 7.19. The number of amides is 1. The van der Waals surface area contributed by atoms with Crippen LogP contribution in [0.3, 0.4) is 0 Å². The molecule has 7 heteroatoms. The summed E-state index contributed by atoms with van der Waals surface area (Å²) in [6.07, 6.45) is 1.89. The maximum Gasteiger partial charge on any atom is 0.300 e. The van der Waals surface area contributed by atoms with E-state index in [1.807, 2.05) is 42.1 Å². The minimum atomic E-state index is -0.835. The average Bonchev–Trinajstić information content (AvgIpc) is 3.32. The molecule has 0 radical (unpaired) electrons. The van der Waals surface area contributed by atoms with Crippen LogP contribution in [-0.2, 0) is 16.6 Å². The molecule has 0 saturated carbocycles. The van der Waals surface area contributed by atoms with E-state index in [-0.39, 0.29) is 11.3 Å². The predicted molar refractivity (Wildman–Crippen MR) is 132 cm³/mol. The molecule has 1 fully saturated rings. The van der Waals surface area contributed by atoms with E-state index in [4.69, 9.17) is 16.3 Å². The van der Waals surface area contributed by atoms with Gasteiger partial charge in [0, 0.05) is 46.0 Å². The number of Topliss-reactive ketones (excluding diaryl/α,β-unsaturated/α-hetero) is 1. The molecular weight excluding hydrogens is 452 g/mol. The number of ketones is 1. The number of aliphatic hydroxyl groups excluding tert-OH is 1. The molecule has 1 atom stereocenters. The zero-order valence-corrected chi connectivity index (χ0v) is 19.3. The van der Waals surface area contributed by atoms with Gasteiger partial charge in [0.15, 0.2) is 0 Å². The standard InChI is InChI=1S/C27H21ClN2O4/c1-29-15-21(20-8-3-4-9-22(20)29)24-23(25(31)16-6-5-7-17(28)14-16)26(32)27(33)30(24)18-10-12-19(34-2)13-11-18/h3-15,24,31H,1-2H3/b25-23+. The van der Waals surface area contributed by atoms with E-state index in [0.717, 1.165) is 16.5 Å². The Kier molecular flexibility index (Phi) is 5.38. The lowest BCUT2D eigenvalue weighted by Gasteiger charge is -2.25. The second kappa shape index (κ2) is 8.39. The summed E-state index contributed by atoms with van der Waals surface area (Å²) in [4.78, 5) is 28.2. The van der Waals surface area contributed by atoms with E-state index >= 15 is 0 Å². The van der Waals surface area contributed by atoms with Crippen molar-refractivity contribution in [3.63, 3.8) is 0 Å². The minimum absolute atomic E-state index is 0.0134. The first-order valence-corrected chi connectivity index (χ1v) is 11.0. The molecule has 1 aliphatic heterocycles. The number of aliphatic hydroxyl groups is 1. The first kappa shape index (κ1) is 21.8. The molecule has 34 heavy (non-hydrogen) atoms. The van der Waals surface area contributed by atoms with Crippen molar-refractivity contribution in [3.05, 3.63) is 101 Å². The van der Waals surface area contributed by atoms with Crippen molar-refractivity contribution in [2.24, 2.45) is 7.05 Å². The van der Waals surface area contributed by atoms with Crippen molar-refractivity contribution in [2.45, 2.75) is 6.04 Å². The van der Waals surface area contributed by atoms with Crippen LogP contribution in [0, 0.1) is 0 Å². The van der Waals surface area contributed by atoms with E-state index in [0.29, 0.717) is 22.0 Å². The van der Waals surface area contributed by atoms with Gasteiger partial charge in [-0.25, -0.2) is 0 Å². The lowest BCUT2D eigenvalue weighted by Crippen LogP contribution is -2.29. The van der Waals surface area contributed by atoms with Crippen molar-refractivity contribution in [3.8, 4) is 5.75 Å². The largest absolute Gasteiger partial charge is 0.507 e. The van der Waals surface area contributed by atoms with Gasteiger partial charge in [0.05, 0.1) is 18.7 Å². The van der Waals surface area contributed by atoms with Gasteiger partial charge < -0.3 is 14.4 Å². The van der Waals surface area contributed by atoms with E-state index < -0.39 is 17.7 Å². The first-order valence-electron chi connectivity index (χ1n) is 10.7. The Balaban J connectivity index is 1.79. The number of aryl methyl sites for hydroxylation is 1. The van der Waals surface area contributed by atoms with Crippen LogP contribution in [0.1, 0.15) is 17.2 Å². The highest BCUT2D eigenvalue weighted by molar-refractivity contribution is 6.52. The lowest BCUT2D eigenvalue weighted by molar-refractivity contribution is -0.132. The molecule has 5 rings (SSSR count). The number of benzene rings is 3. The third-order valence-electron chi connectivity index (χ3n) is 6.12. The topological polar surface area (TPSA) is 71.8 Å². The van der Waals surface area contributed by atoms with Gasteiger partial charge in [-0.05, 0) is 42.5 Å². The summed E-state index contributed by atoms with van der Waals surface area (Å²) in [6, 6.07) is 20.4. The Hall–Kier alpha value is -4.03. The van der Waals surface area contributed by atoms with Crippen molar-refractivity contribution in [2.75, 3.05) is 12.0 Å². The number of methoxy groups -OCH3 is 1. The van der Waals surface area contributed by atoms with E-state index in [1.54, 1.807) is 55.6 Å². The molecule has 3 aromatic carbocycles. The number of hydrogen-bond acceptors (Lipinski definition) is 4. The first-order chi connectivity index (χ1) is 16.4. The van der Waals surface area contributed by atoms with Crippen molar-refractivity contribution in [1.82, 2.24) is 4.57 Å². The number of carbonyl (C=O) groups is 2.